The Hall–Kier alpha value is -2.19. The van der Waals surface area contributed by atoms with Crippen LogP contribution in [-0.2, 0) is 6.42 Å². The number of anilines is 2. The van der Waals surface area contributed by atoms with Crippen LogP contribution in [0, 0.1) is 5.82 Å². The molecule has 2 aromatic carbocycles. The Morgan fingerprint density at radius 3 is 2.69 bits per heavy atom. The highest BCUT2D eigenvalue weighted by Crippen LogP contribution is 2.39. The predicted octanol–water partition coefficient (Wildman–Crippen LogP) is 6.63. The zero-order chi connectivity index (χ0) is 22.9. The monoisotopic (exact) mass is 535 g/mol. The van der Waals surface area contributed by atoms with Gasteiger partial charge in [0.05, 0.1) is 16.4 Å². The van der Waals surface area contributed by atoms with E-state index in [4.69, 9.17) is 9.98 Å². The van der Waals surface area contributed by atoms with Gasteiger partial charge in [-0.3, -0.25) is 4.90 Å². The molecule has 5 nitrogen and oxygen atoms in total. The number of likely N-dealkylation sites (N-methyl/N-ethyl adjacent to an activating group) is 1. The number of benzene rings is 2. The summed E-state index contributed by atoms with van der Waals surface area (Å²) in [4.78, 5) is 15.0. The lowest BCUT2D eigenvalue weighted by Gasteiger charge is -2.40. The van der Waals surface area contributed by atoms with Gasteiger partial charge in [-0.2, -0.15) is 0 Å². The van der Waals surface area contributed by atoms with Crippen LogP contribution < -0.4 is 5.32 Å². The fourth-order valence-electron chi connectivity index (χ4n) is 4.48. The number of fused-ring (bicyclic) bond motifs is 2. The van der Waals surface area contributed by atoms with E-state index in [1.807, 2.05) is 18.2 Å². The maximum absolute atomic E-state index is 13.6. The predicted molar refractivity (Wildman–Crippen MR) is 149 cm³/mol. The smallest absolute Gasteiger partial charge is 0.158 e. The molecule has 1 N–H and O–H groups in total. The Morgan fingerprint density at radius 2 is 1.91 bits per heavy atom. The zero-order valence-corrected chi connectivity index (χ0v) is 22.7. The summed E-state index contributed by atoms with van der Waals surface area (Å²) < 4.78 is 13.6. The molecule has 3 aromatic rings. The Kier molecular flexibility index (Phi) is 9.16. The second-order valence-electron chi connectivity index (χ2n) is 9.21. The Bertz CT molecular complexity index is 1180. The maximum Gasteiger partial charge on any atom is 0.158 e. The Balaban J connectivity index is 0.00000171. The van der Waals surface area contributed by atoms with Gasteiger partial charge >= 0.3 is 0 Å². The standard InChI is InChI=1S/C26H30FN5S.2ClH/c1-17(2)25-30-23-24(28-21-9-4-5-10-22(21)29-26(23)33-25)32-14-13-31(3)20(16-32)12-11-18-7-6-8-19(27)15-18;;/h4-10,15,17,20,29H,11-14,16H2,1-3H3;2*1H. The van der Waals surface area contributed by atoms with Crippen LogP contribution in [0.4, 0.5) is 20.8 Å². The van der Waals surface area contributed by atoms with Crippen LogP contribution in [0.25, 0.3) is 0 Å². The van der Waals surface area contributed by atoms with Gasteiger partial charge in [-0.25, -0.2) is 14.4 Å². The van der Waals surface area contributed by atoms with Gasteiger partial charge < -0.3 is 10.2 Å². The lowest BCUT2D eigenvalue weighted by atomic mass is 10.0. The van der Waals surface area contributed by atoms with Crippen molar-refractivity contribution in [3.63, 3.8) is 0 Å². The van der Waals surface area contributed by atoms with Crippen LogP contribution in [0.5, 0.6) is 0 Å². The number of halogens is 3. The SMILES string of the molecule is CC(C)c1nc2c(s1)Nc1ccccc1N=C2N1CCN(C)C(CCc2cccc(F)c2)C1.Cl.Cl. The highest BCUT2D eigenvalue weighted by molar-refractivity contribution is 7.16. The normalized spacial score (nSPS) is 17.3. The van der Waals surface area contributed by atoms with Crippen molar-refractivity contribution >= 4 is 58.4 Å². The van der Waals surface area contributed by atoms with Crippen LogP contribution in [0.15, 0.2) is 53.5 Å². The first kappa shape index (κ1) is 27.4. The minimum absolute atomic E-state index is 0. The minimum atomic E-state index is -0.165. The topological polar surface area (TPSA) is 43.8 Å². The average molecular weight is 537 g/mol. The van der Waals surface area contributed by atoms with Gasteiger partial charge in [0.15, 0.2) is 5.84 Å². The molecule has 0 spiro atoms. The number of para-hydroxylation sites is 2. The Labute approximate surface area is 223 Å². The summed E-state index contributed by atoms with van der Waals surface area (Å²) in [6, 6.07) is 15.5. The van der Waals surface area contributed by atoms with Crippen LogP contribution in [-0.4, -0.2) is 53.3 Å². The number of aliphatic imine (C=N–C) groups is 1. The zero-order valence-electron chi connectivity index (χ0n) is 20.2. The molecule has 35 heavy (non-hydrogen) atoms. The van der Waals surface area contributed by atoms with Gasteiger partial charge in [-0.15, -0.1) is 36.2 Å². The molecule has 0 saturated carbocycles. The van der Waals surface area contributed by atoms with Crippen LogP contribution in [0.3, 0.4) is 0 Å². The number of piperazine rings is 1. The third-order valence-electron chi connectivity index (χ3n) is 6.46. The summed E-state index contributed by atoms with van der Waals surface area (Å²) in [7, 11) is 2.19. The number of aromatic nitrogens is 1. The van der Waals surface area contributed by atoms with Gasteiger partial charge in [-0.1, -0.05) is 38.1 Å². The lowest BCUT2D eigenvalue weighted by molar-refractivity contribution is 0.134. The summed E-state index contributed by atoms with van der Waals surface area (Å²) in [5, 5.41) is 5.78. The van der Waals surface area contributed by atoms with Crippen molar-refractivity contribution in [2.24, 2.45) is 4.99 Å². The van der Waals surface area contributed by atoms with Crippen molar-refractivity contribution in [1.82, 2.24) is 14.8 Å². The molecular weight excluding hydrogens is 504 g/mol. The quantitative estimate of drug-likeness (QED) is 0.407. The molecule has 0 aliphatic carbocycles. The van der Waals surface area contributed by atoms with Crippen molar-refractivity contribution in [3.8, 4) is 0 Å². The second kappa shape index (κ2) is 11.7. The fraction of sp³-hybridized carbons (Fsp3) is 0.385. The fourth-order valence-corrected chi connectivity index (χ4v) is 5.46. The van der Waals surface area contributed by atoms with Crippen LogP contribution in [0.1, 0.15) is 42.5 Å². The van der Waals surface area contributed by atoms with Crippen LogP contribution in [0.2, 0.25) is 0 Å². The van der Waals surface area contributed by atoms with Crippen LogP contribution >= 0.6 is 36.2 Å². The molecule has 5 rings (SSSR count). The number of nitrogens with one attached hydrogen (secondary N) is 1. The average Bonchev–Trinajstić information content (AvgIpc) is 3.15. The first-order valence-electron chi connectivity index (χ1n) is 11.6. The van der Waals surface area contributed by atoms with Crippen molar-refractivity contribution in [3.05, 3.63) is 70.6 Å². The number of rotatable bonds is 4. The first-order valence-corrected chi connectivity index (χ1v) is 12.4. The Morgan fingerprint density at radius 1 is 1.11 bits per heavy atom. The second-order valence-corrected chi connectivity index (χ2v) is 10.2. The minimum Gasteiger partial charge on any atom is -0.352 e. The van der Waals surface area contributed by atoms with Gasteiger partial charge in [0.1, 0.15) is 16.5 Å². The summed E-state index contributed by atoms with van der Waals surface area (Å²) in [6.45, 7) is 7.10. The van der Waals surface area contributed by atoms with Crippen molar-refractivity contribution in [2.45, 2.75) is 38.6 Å². The van der Waals surface area contributed by atoms with E-state index in [-0.39, 0.29) is 30.6 Å². The molecule has 1 unspecified atom stereocenters. The molecule has 9 heteroatoms. The molecule has 2 aliphatic rings. The van der Waals surface area contributed by atoms with E-state index in [1.165, 1.54) is 6.07 Å². The molecule has 0 radical (unpaired) electrons. The number of hydrogen-bond acceptors (Lipinski definition) is 6. The van der Waals surface area contributed by atoms with E-state index in [0.717, 1.165) is 71.0 Å². The van der Waals surface area contributed by atoms with E-state index in [2.05, 4.69) is 48.1 Å². The molecule has 1 fully saturated rings. The summed E-state index contributed by atoms with van der Waals surface area (Å²) in [5.41, 5.74) is 3.96. The summed E-state index contributed by atoms with van der Waals surface area (Å²) in [5.74, 6) is 1.16. The number of hydrogen-bond donors (Lipinski definition) is 1. The molecule has 2 aliphatic heterocycles. The molecule has 188 valence electrons. The molecule has 0 bridgehead atoms. The van der Waals surface area contributed by atoms with E-state index >= 15 is 0 Å². The molecule has 1 aromatic heterocycles. The highest BCUT2D eigenvalue weighted by atomic mass is 35.5. The summed E-state index contributed by atoms with van der Waals surface area (Å²) in [6.07, 6.45) is 1.83. The van der Waals surface area contributed by atoms with Crippen molar-refractivity contribution in [1.29, 1.82) is 0 Å². The molecular formula is C26H32Cl2FN5S. The van der Waals surface area contributed by atoms with E-state index in [0.29, 0.717) is 12.0 Å². The van der Waals surface area contributed by atoms with Crippen molar-refractivity contribution in [2.75, 3.05) is 32.0 Å². The maximum atomic E-state index is 13.6. The number of aryl methyl sites for hydroxylation is 1. The van der Waals surface area contributed by atoms with E-state index in [1.54, 1.807) is 23.5 Å². The summed E-state index contributed by atoms with van der Waals surface area (Å²) >= 11 is 1.72. The lowest BCUT2D eigenvalue weighted by Crippen LogP contribution is -2.53. The number of thiazole rings is 1. The van der Waals surface area contributed by atoms with Gasteiger partial charge in [0.25, 0.3) is 0 Å². The molecule has 3 heterocycles. The largest absolute Gasteiger partial charge is 0.352 e. The van der Waals surface area contributed by atoms with E-state index < -0.39 is 0 Å². The molecule has 0 amide bonds. The van der Waals surface area contributed by atoms with Gasteiger partial charge in [0, 0.05) is 31.6 Å². The van der Waals surface area contributed by atoms with Gasteiger partial charge in [0.2, 0.25) is 0 Å². The first-order chi connectivity index (χ1) is 16.0. The van der Waals surface area contributed by atoms with Crippen molar-refractivity contribution < 1.29 is 4.39 Å². The number of nitrogens with zero attached hydrogens (tertiary/aromatic N) is 4. The van der Waals surface area contributed by atoms with E-state index in [9.17, 15) is 4.39 Å². The highest BCUT2D eigenvalue weighted by Gasteiger charge is 2.31. The molecule has 1 saturated heterocycles. The van der Waals surface area contributed by atoms with Gasteiger partial charge in [-0.05, 0) is 49.7 Å². The number of amidine groups is 1. The molecule has 1 atom stereocenters. The third kappa shape index (κ3) is 5.97. The third-order valence-corrected chi connectivity index (χ3v) is 7.73.